The summed E-state index contributed by atoms with van der Waals surface area (Å²) in [5, 5.41) is 12.9. The van der Waals surface area contributed by atoms with Crippen LogP contribution in [0, 0.1) is 0 Å². The second-order valence-corrected chi connectivity index (χ2v) is 4.61. The molecular weight excluding hydrogens is 294 g/mol. The summed E-state index contributed by atoms with van der Waals surface area (Å²) in [6.07, 6.45) is -0.0355. The van der Waals surface area contributed by atoms with Crippen molar-refractivity contribution in [3.8, 4) is 5.75 Å². The first-order chi connectivity index (χ1) is 9.99. The Bertz CT molecular complexity index is 757. The van der Waals surface area contributed by atoms with Gasteiger partial charge in [-0.05, 0) is 29.9 Å². The Hall–Kier alpha value is -2.61. The van der Waals surface area contributed by atoms with Crippen LogP contribution in [0.5, 0.6) is 5.75 Å². The summed E-state index contributed by atoms with van der Waals surface area (Å²) < 4.78 is 4.99. The molecule has 1 amide bonds. The number of hydrazine groups is 1. The molecule has 1 heterocycles. The van der Waals surface area contributed by atoms with Crippen molar-refractivity contribution >= 4 is 34.2 Å². The number of phenols is 1. The second kappa shape index (κ2) is 6.23. The number of thiocarbonyl (C=S) groups is 1. The Morgan fingerprint density at radius 2 is 2.10 bits per heavy atom. The number of amides is 1. The van der Waals surface area contributed by atoms with E-state index in [1.807, 2.05) is 0 Å². The Kier molecular flexibility index (Phi) is 4.39. The Morgan fingerprint density at radius 3 is 2.81 bits per heavy atom. The molecule has 0 aliphatic carbocycles. The van der Waals surface area contributed by atoms with Gasteiger partial charge >= 0.3 is 5.63 Å². The van der Waals surface area contributed by atoms with Crippen molar-refractivity contribution in [1.82, 2.24) is 16.2 Å². The minimum atomic E-state index is -0.588. The van der Waals surface area contributed by atoms with Gasteiger partial charge in [0.1, 0.15) is 11.3 Å². The van der Waals surface area contributed by atoms with E-state index in [1.165, 1.54) is 18.2 Å². The number of carbonyl (C=O) groups is 1. The predicted octanol–water partition coefficient (Wildman–Crippen LogP) is 0.166. The van der Waals surface area contributed by atoms with E-state index in [1.54, 1.807) is 13.1 Å². The van der Waals surface area contributed by atoms with Gasteiger partial charge < -0.3 is 14.8 Å². The van der Waals surface area contributed by atoms with Gasteiger partial charge in [-0.3, -0.25) is 15.6 Å². The summed E-state index contributed by atoms with van der Waals surface area (Å²) in [6.45, 7) is 0. The highest BCUT2D eigenvalue weighted by Gasteiger charge is 2.10. The maximum Gasteiger partial charge on any atom is 0.336 e. The van der Waals surface area contributed by atoms with Crippen molar-refractivity contribution < 1.29 is 14.3 Å². The molecule has 0 aliphatic rings. The van der Waals surface area contributed by atoms with E-state index in [4.69, 9.17) is 16.6 Å². The van der Waals surface area contributed by atoms with Crippen LogP contribution in [0.1, 0.15) is 5.56 Å². The summed E-state index contributed by atoms with van der Waals surface area (Å²) in [7, 11) is 1.61. The SMILES string of the molecule is CNC(=S)NNC(=O)Cc1cc(=O)oc2cc(O)ccc12. The van der Waals surface area contributed by atoms with Gasteiger partial charge in [-0.25, -0.2) is 4.79 Å². The lowest BCUT2D eigenvalue weighted by atomic mass is 10.1. The van der Waals surface area contributed by atoms with Crippen LogP contribution in [0.3, 0.4) is 0 Å². The van der Waals surface area contributed by atoms with Crippen LogP contribution in [-0.4, -0.2) is 23.2 Å². The molecule has 21 heavy (non-hydrogen) atoms. The van der Waals surface area contributed by atoms with E-state index in [0.717, 1.165) is 0 Å². The summed E-state index contributed by atoms with van der Waals surface area (Å²) in [5.74, 6) is -0.388. The van der Waals surface area contributed by atoms with Crippen LogP contribution in [-0.2, 0) is 11.2 Å². The van der Waals surface area contributed by atoms with Gasteiger partial charge in [0.15, 0.2) is 5.11 Å². The molecular formula is C13H13N3O4S. The van der Waals surface area contributed by atoms with Crippen LogP contribution in [0.2, 0.25) is 0 Å². The van der Waals surface area contributed by atoms with Crippen molar-refractivity contribution in [2.24, 2.45) is 0 Å². The number of nitrogens with one attached hydrogen (secondary N) is 3. The first-order valence-electron chi connectivity index (χ1n) is 6.02. The van der Waals surface area contributed by atoms with E-state index in [-0.39, 0.29) is 28.8 Å². The average molecular weight is 307 g/mol. The Labute approximate surface area is 124 Å². The van der Waals surface area contributed by atoms with Crippen LogP contribution in [0.4, 0.5) is 0 Å². The Balaban J connectivity index is 2.24. The molecule has 0 aliphatic heterocycles. The normalized spacial score (nSPS) is 10.1. The molecule has 7 nitrogen and oxygen atoms in total. The highest BCUT2D eigenvalue weighted by molar-refractivity contribution is 7.80. The summed E-state index contributed by atoms with van der Waals surface area (Å²) >= 11 is 4.82. The van der Waals surface area contributed by atoms with Crippen molar-refractivity contribution in [1.29, 1.82) is 0 Å². The van der Waals surface area contributed by atoms with E-state index in [2.05, 4.69) is 16.2 Å². The van der Waals surface area contributed by atoms with Gasteiger partial charge in [0.05, 0.1) is 6.42 Å². The van der Waals surface area contributed by atoms with Gasteiger partial charge in [-0.1, -0.05) is 0 Å². The molecule has 2 rings (SSSR count). The second-order valence-electron chi connectivity index (χ2n) is 4.20. The molecule has 0 radical (unpaired) electrons. The zero-order chi connectivity index (χ0) is 15.4. The fourth-order valence-electron chi connectivity index (χ4n) is 1.77. The minimum absolute atomic E-state index is 0.0201. The standard InChI is InChI=1S/C13H13N3O4S/c1-14-13(21)16-15-11(18)4-7-5-12(19)20-10-6-8(17)2-3-9(7)10/h2-3,5-6,17H,4H2,1H3,(H,15,18)(H2,14,16,21). The fraction of sp³-hybridized carbons (Fsp3) is 0.154. The molecule has 0 spiro atoms. The third kappa shape index (κ3) is 3.69. The third-order valence-electron chi connectivity index (χ3n) is 2.71. The molecule has 0 atom stereocenters. The predicted molar refractivity (Wildman–Crippen MR) is 80.8 cm³/mol. The van der Waals surface area contributed by atoms with Crippen molar-refractivity contribution in [3.05, 3.63) is 40.2 Å². The number of aromatic hydroxyl groups is 1. The molecule has 1 aromatic heterocycles. The summed E-state index contributed by atoms with van der Waals surface area (Å²) in [5.41, 5.74) is 5.04. The quantitative estimate of drug-likeness (QED) is 0.356. The zero-order valence-electron chi connectivity index (χ0n) is 11.1. The zero-order valence-corrected chi connectivity index (χ0v) is 11.9. The van der Waals surface area contributed by atoms with Gasteiger partial charge in [0.2, 0.25) is 5.91 Å². The molecule has 4 N–H and O–H groups in total. The highest BCUT2D eigenvalue weighted by Crippen LogP contribution is 2.21. The number of phenolic OH excluding ortho intramolecular Hbond substituents is 1. The number of hydrogen-bond acceptors (Lipinski definition) is 5. The van der Waals surface area contributed by atoms with Gasteiger partial charge in [-0.15, -0.1) is 0 Å². The van der Waals surface area contributed by atoms with Gasteiger partial charge in [0, 0.05) is 24.6 Å². The monoisotopic (exact) mass is 307 g/mol. The molecule has 0 unspecified atom stereocenters. The van der Waals surface area contributed by atoms with E-state index in [9.17, 15) is 14.7 Å². The molecule has 110 valence electrons. The maximum atomic E-state index is 11.8. The van der Waals surface area contributed by atoms with Crippen LogP contribution in [0.25, 0.3) is 11.0 Å². The Morgan fingerprint density at radius 1 is 1.33 bits per heavy atom. The topological polar surface area (TPSA) is 104 Å². The maximum absolute atomic E-state index is 11.8. The largest absolute Gasteiger partial charge is 0.508 e. The number of benzene rings is 1. The molecule has 0 saturated heterocycles. The lowest BCUT2D eigenvalue weighted by molar-refractivity contribution is -0.120. The molecule has 0 fully saturated rings. The minimum Gasteiger partial charge on any atom is -0.508 e. The number of rotatable bonds is 2. The number of hydrogen-bond donors (Lipinski definition) is 4. The number of fused-ring (bicyclic) bond motifs is 1. The third-order valence-corrected chi connectivity index (χ3v) is 3.01. The van der Waals surface area contributed by atoms with E-state index in [0.29, 0.717) is 10.9 Å². The molecule has 0 bridgehead atoms. The first-order valence-corrected chi connectivity index (χ1v) is 6.42. The van der Waals surface area contributed by atoms with Crippen molar-refractivity contribution in [2.75, 3.05) is 7.05 Å². The van der Waals surface area contributed by atoms with Gasteiger partial charge in [-0.2, -0.15) is 0 Å². The lowest BCUT2D eigenvalue weighted by Gasteiger charge is -2.09. The summed E-state index contributed by atoms with van der Waals surface area (Å²) in [6, 6.07) is 5.61. The first kappa shape index (κ1) is 14.8. The smallest absolute Gasteiger partial charge is 0.336 e. The van der Waals surface area contributed by atoms with Gasteiger partial charge in [0.25, 0.3) is 0 Å². The molecule has 2 aromatic rings. The van der Waals surface area contributed by atoms with Crippen molar-refractivity contribution in [3.63, 3.8) is 0 Å². The lowest BCUT2D eigenvalue weighted by Crippen LogP contribution is -2.46. The summed E-state index contributed by atoms with van der Waals surface area (Å²) in [4.78, 5) is 23.3. The average Bonchev–Trinajstić information content (AvgIpc) is 2.43. The fourth-order valence-corrected chi connectivity index (χ4v) is 1.82. The molecule has 0 saturated carbocycles. The number of carbonyl (C=O) groups excluding carboxylic acids is 1. The van der Waals surface area contributed by atoms with E-state index < -0.39 is 5.63 Å². The van der Waals surface area contributed by atoms with Crippen LogP contribution < -0.4 is 21.8 Å². The van der Waals surface area contributed by atoms with Crippen molar-refractivity contribution in [2.45, 2.75) is 6.42 Å². The molecule has 1 aromatic carbocycles. The highest BCUT2D eigenvalue weighted by atomic mass is 32.1. The van der Waals surface area contributed by atoms with Crippen LogP contribution in [0.15, 0.2) is 33.5 Å². The van der Waals surface area contributed by atoms with Crippen LogP contribution >= 0.6 is 12.2 Å². The molecule has 8 heteroatoms. The van der Waals surface area contributed by atoms with E-state index >= 15 is 0 Å².